The molecule has 8 heteroatoms. The topological polar surface area (TPSA) is 102 Å². The van der Waals surface area contributed by atoms with Crippen molar-refractivity contribution in [3.05, 3.63) is 29.8 Å². The number of amides is 1. The fourth-order valence-electron chi connectivity index (χ4n) is 4.46. The van der Waals surface area contributed by atoms with Crippen LogP contribution in [0.15, 0.2) is 29.2 Å². The molecular formula is C21H30N4O3S. The van der Waals surface area contributed by atoms with Gasteiger partial charge in [-0.15, -0.1) is 0 Å². The van der Waals surface area contributed by atoms with Crippen LogP contribution in [0, 0.1) is 23.2 Å². The number of likely N-dealkylation sites (N-methyl/N-ethyl adjacent to an activating group) is 1. The number of nitriles is 1. The number of carbonyl (C=O) groups excluding carboxylic acids is 1. The second kappa shape index (κ2) is 9.70. The zero-order chi connectivity index (χ0) is 20.9. The lowest BCUT2D eigenvalue weighted by atomic mass is 9.80. The number of sulfone groups is 1. The van der Waals surface area contributed by atoms with Crippen LogP contribution in [0.5, 0.6) is 0 Å². The van der Waals surface area contributed by atoms with Crippen LogP contribution in [0.4, 0.5) is 0 Å². The summed E-state index contributed by atoms with van der Waals surface area (Å²) in [5, 5.41) is 14.7. The van der Waals surface area contributed by atoms with Crippen LogP contribution < -0.4 is 10.6 Å². The first-order valence-electron chi connectivity index (χ1n) is 10.3. The number of nitrogens with zero attached hydrogens (tertiary/aromatic N) is 2. The number of rotatable bonds is 6. The Morgan fingerprint density at radius 3 is 2.69 bits per heavy atom. The number of nitrogens with one attached hydrogen (secondary N) is 2. The zero-order valence-corrected chi connectivity index (χ0v) is 17.7. The minimum atomic E-state index is -3.48. The smallest absolute Gasteiger partial charge is 0.224 e. The van der Waals surface area contributed by atoms with E-state index >= 15 is 0 Å². The van der Waals surface area contributed by atoms with Crippen molar-refractivity contribution in [2.45, 2.75) is 36.6 Å². The van der Waals surface area contributed by atoms with Gasteiger partial charge in [0, 0.05) is 31.6 Å². The van der Waals surface area contributed by atoms with Crippen LogP contribution in [-0.4, -0.2) is 58.2 Å². The first-order valence-corrected chi connectivity index (χ1v) is 12.0. The van der Waals surface area contributed by atoms with E-state index in [0.717, 1.165) is 44.5 Å². The van der Waals surface area contributed by atoms with Crippen LogP contribution >= 0.6 is 0 Å². The molecule has 7 nitrogen and oxygen atoms in total. The zero-order valence-electron chi connectivity index (χ0n) is 16.9. The van der Waals surface area contributed by atoms with Crippen molar-refractivity contribution in [1.82, 2.24) is 15.5 Å². The van der Waals surface area contributed by atoms with E-state index in [0.29, 0.717) is 11.3 Å². The fourth-order valence-corrected chi connectivity index (χ4v) is 6.17. The minimum Gasteiger partial charge on any atom is -0.343 e. The summed E-state index contributed by atoms with van der Waals surface area (Å²) in [4.78, 5) is 15.0. The summed E-state index contributed by atoms with van der Waals surface area (Å²) >= 11 is 0. The monoisotopic (exact) mass is 418 g/mol. The van der Waals surface area contributed by atoms with Gasteiger partial charge in [-0.05, 0) is 43.5 Å². The number of piperazine rings is 1. The maximum atomic E-state index is 13.0. The molecule has 0 aromatic heterocycles. The molecule has 0 spiro atoms. The second-order valence-corrected chi connectivity index (χ2v) is 10.1. The molecule has 0 radical (unpaired) electrons. The van der Waals surface area contributed by atoms with E-state index in [1.165, 1.54) is 0 Å². The first-order chi connectivity index (χ1) is 13.9. The van der Waals surface area contributed by atoms with E-state index in [4.69, 9.17) is 5.26 Å². The molecule has 1 unspecified atom stereocenters. The van der Waals surface area contributed by atoms with Crippen molar-refractivity contribution in [3.63, 3.8) is 0 Å². The Kier molecular flexibility index (Phi) is 7.28. The molecule has 1 amide bonds. The van der Waals surface area contributed by atoms with E-state index in [9.17, 15) is 13.2 Å². The summed E-state index contributed by atoms with van der Waals surface area (Å²) in [6.07, 6.45) is 3.25. The fraction of sp³-hybridized carbons (Fsp3) is 0.619. The number of carbonyl (C=O) groups is 1. The summed E-state index contributed by atoms with van der Waals surface area (Å²) in [5.74, 6) is -0.773. The van der Waals surface area contributed by atoms with Gasteiger partial charge in [0.15, 0.2) is 9.84 Å². The lowest BCUT2D eigenvalue weighted by Gasteiger charge is -2.33. The third kappa shape index (κ3) is 5.35. The van der Waals surface area contributed by atoms with Crippen LogP contribution in [0.3, 0.4) is 0 Å². The molecule has 1 saturated carbocycles. The van der Waals surface area contributed by atoms with Gasteiger partial charge in [0.1, 0.15) is 6.54 Å². The van der Waals surface area contributed by atoms with Crippen molar-refractivity contribution >= 4 is 15.7 Å². The van der Waals surface area contributed by atoms with E-state index in [2.05, 4.69) is 22.6 Å². The number of benzene rings is 1. The predicted molar refractivity (Wildman–Crippen MR) is 111 cm³/mol. The van der Waals surface area contributed by atoms with Crippen LogP contribution in [0.2, 0.25) is 0 Å². The molecule has 3 rings (SSSR count). The van der Waals surface area contributed by atoms with Gasteiger partial charge >= 0.3 is 0 Å². The SMILES string of the molecule is CN1CCNCC1c1ccc(S(=O)(=O)C[C@@H]2CCCC[C@H]2C(=O)NCC#N)cc1. The molecule has 1 aliphatic carbocycles. The molecule has 2 aliphatic rings. The summed E-state index contributed by atoms with van der Waals surface area (Å²) in [6.45, 7) is 2.73. The molecule has 3 atom stereocenters. The molecule has 2 fully saturated rings. The predicted octanol–water partition coefficient (Wildman–Crippen LogP) is 1.48. The normalized spacial score (nSPS) is 25.9. The Balaban J connectivity index is 1.71. The standard InChI is InChI=1S/C21H30N4O3S/c1-25-13-12-23-14-20(25)16-6-8-18(9-7-16)29(27,28)15-17-4-2-3-5-19(17)21(26)24-11-10-22/h6-9,17,19-20,23H,2-5,11-15H2,1H3,(H,24,26)/t17-,19+,20?/m0/s1. The van der Waals surface area contributed by atoms with E-state index in [1.807, 2.05) is 18.2 Å². The maximum absolute atomic E-state index is 13.0. The lowest BCUT2D eigenvalue weighted by Crippen LogP contribution is -2.43. The Morgan fingerprint density at radius 2 is 2.00 bits per heavy atom. The van der Waals surface area contributed by atoms with E-state index in [1.54, 1.807) is 12.1 Å². The summed E-state index contributed by atoms with van der Waals surface area (Å²) in [5.41, 5.74) is 1.10. The highest BCUT2D eigenvalue weighted by atomic mass is 32.2. The molecule has 0 bridgehead atoms. The van der Waals surface area contributed by atoms with Gasteiger partial charge in [-0.2, -0.15) is 5.26 Å². The first kappa shape index (κ1) is 21.8. The summed E-state index contributed by atoms with van der Waals surface area (Å²) in [6, 6.07) is 9.34. The van der Waals surface area contributed by atoms with Crippen molar-refractivity contribution in [1.29, 1.82) is 5.26 Å². The Bertz CT molecular complexity index is 848. The minimum absolute atomic E-state index is 0.0259. The third-order valence-electron chi connectivity index (χ3n) is 6.16. The van der Waals surface area contributed by atoms with Gasteiger partial charge in [0.25, 0.3) is 0 Å². The lowest BCUT2D eigenvalue weighted by molar-refractivity contribution is -0.127. The van der Waals surface area contributed by atoms with E-state index in [-0.39, 0.29) is 36.1 Å². The number of hydrogen-bond acceptors (Lipinski definition) is 6. The highest BCUT2D eigenvalue weighted by Crippen LogP contribution is 2.33. The Hall–Kier alpha value is -1.95. The third-order valence-corrected chi connectivity index (χ3v) is 8.01. The maximum Gasteiger partial charge on any atom is 0.224 e. The van der Waals surface area contributed by atoms with Crippen molar-refractivity contribution in [2.24, 2.45) is 11.8 Å². The molecular weight excluding hydrogens is 388 g/mol. The van der Waals surface area contributed by atoms with E-state index < -0.39 is 9.84 Å². The van der Waals surface area contributed by atoms with Gasteiger partial charge in [-0.1, -0.05) is 25.0 Å². The highest BCUT2D eigenvalue weighted by Gasteiger charge is 2.34. The molecule has 1 saturated heterocycles. The highest BCUT2D eigenvalue weighted by molar-refractivity contribution is 7.91. The molecule has 1 heterocycles. The van der Waals surface area contributed by atoms with Gasteiger partial charge in [0.05, 0.1) is 16.7 Å². The Labute approximate surface area is 173 Å². The van der Waals surface area contributed by atoms with Crippen molar-refractivity contribution in [3.8, 4) is 6.07 Å². The average molecular weight is 419 g/mol. The summed E-state index contributed by atoms with van der Waals surface area (Å²) in [7, 11) is -1.40. The molecule has 2 N–H and O–H groups in total. The van der Waals surface area contributed by atoms with Gasteiger partial charge < -0.3 is 10.6 Å². The van der Waals surface area contributed by atoms with Gasteiger partial charge in [-0.25, -0.2) is 8.42 Å². The average Bonchev–Trinajstić information content (AvgIpc) is 2.72. The molecule has 158 valence electrons. The molecule has 1 aromatic carbocycles. The second-order valence-electron chi connectivity index (χ2n) is 8.08. The van der Waals surface area contributed by atoms with Crippen LogP contribution in [0.25, 0.3) is 0 Å². The molecule has 29 heavy (non-hydrogen) atoms. The molecule has 1 aliphatic heterocycles. The molecule has 1 aromatic rings. The Morgan fingerprint density at radius 1 is 1.28 bits per heavy atom. The quantitative estimate of drug-likeness (QED) is 0.679. The van der Waals surface area contributed by atoms with Gasteiger partial charge in [0.2, 0.25) is 5.91 Å². The van der Waals surface area contributed by atoms with Crippen LogP contribution in [-0.2, 0) is 14.6 Å². The van der Waals surface area contributed by atoms with Crippen LogP contribution in [0.1, 0.15) is 37.3 Å². The largest absolute Gasteiger partial charge is 0.343 e. The van der Waals surface area contributed by atoms with Crippen molar-refractivity contribution < 1.29 is 13.2 Å². The van der Waals surface area contributed by atoms with Crippen molar-refractivity contribution in [2.75, 3.05) is 39.0 Å². The van der Waals surface area contributed by atoms with Gasteiger partial charge in [-0.3, -0.25) is 9.69 Å². The number of hydrogen-bond donors (Lipinski definition) is 2. The summed E-state index contributed by atoms with van der Waals surface area (Å²) < 4.78 is 26.1.